The third-order valence-electron chi connectivity index (χ3n) is 2.00. The Labute approximate surface area is 102 Å². The second-order valence-corrected chi connectivity index (χ2v) is 3.64. The molecule has 1 amide bonds. The highest BCUT2D eigenvalue weighted by Crippen LogP contribution is 2.26. The van der Waals surface area contributed by atoms with E-state index in [1.165, 1.54) is 30.7 Å². The minimum absolute atomic E-state index is 0.102. The van der Waals surface area contributed by atoms with Crippen LogP contribution in [0.3, 0.4) is 0 Å². The summed E-state index contributed by atoms with van der Waals surface area (Å²) in [7, 11) is 0. The molecule has 0 aliphatic carbocycles. The second-order valence-electron chi connectivity index (χ2n) is 3.21. The van der Waals surface area contributed by atoms with Gasteiger partial charge in [0.05, 0.1) is 11.9 Å². The van der Waals surface area contributed by atoms with Crippen LogP contribution in [0.15, 0.2) is 36.8 Å². The van der Waals surface area contributed by atoms with Crippen molar-refractivity contribution in [1.29, 1.82) is 0 Å². The van der Waals surface area contributed by atoms with E-state index >= 15 is 0 Å². The van der Waals surface area contributed by atoms with Gasteiger partial charge in [-0.2, -0.15) is 0 Å². The monoisotopic (exact) mass is 249 g/mol. The zero-order chi connectivity index (χ0) is 12.3. The summed E-state index contributed by atoms with van der Waals surface area (Å²) in [6, 6.07) is 4.41. The average molecular weight is 250 g/mol. The van der Waals surface area contributed by atoms with Gasteiger partial charge in [0.15, 0.2) is 0 Å². The van der Waals surface area contributed by atoms with E-state index in [-0.39, 0.29) is 17.1 Å². The van der Waals surface area contributed by atoms with Gasteiger partial charge in [0.2, 0.25) is 0 Å². The predicted octanol–water partition coefficient (Wildman–Crippen LogP) is 2.09. The number of hydrogen-bond donors (Lipinski definition) is 2. The molecular formula is C11H8ClN3O2. The maximum atomic E-state index is 11.7. The lowest BCUT2D eigenvalue weighted by Gasteiger charge is -2.06. The van der Waals surface area contributed by atoms with Gasteiger partial charge in [-0.25, -0.2) is 4.98 Å². The Hall–Kier alpha value is -2.14. The molecule has 0 radical (unpaired) electrons. The van der Waals surface area contributed by atoms with Crippen molar-refractivity contribution in [1.82, 2.24) is 9.97 Å². The molecule has 0 saturated heterocycles. The molecule has 6 heteroatoms. The van der Waals surface area contributed by atoms with Crippen LogP contribution < -0.4 is 5.32 Å². The van der Waals surface area contributed by atoms with E-state index in [4.69, 9.17) is 11.6 Å². The van der Waals surface area contributed by atoms with Crippen molar-refractivity contribution in [2.24, 2.45) is 0 Å². The van der Waals surface area contributed by atoms with E-state index in [9.17, 15) is 9.90 Å². The number of carbonyl (C=O) groups excluding carboxylic acids is 1. The van der Waals surface area contributed by atoms with Gasteiger partial charge in [-0.1, -0.05) is 11.6 Å². The van der Waals surface area contributed by atoms with Crippen molar-refractivity contribution >= 4 is 23.2 Å². The first-order valence-electron chi connectivity index (χ1n) is 4.72. The second kappa shape index (κ2) is 4.80. The van der Waals surface area contributed by atoms with E-state index in [0.717, 1.165) is 0 Å². The summed E-state index contributed by atoms with van der Waals surface area (Å²) in [5.74, 6) is -0.550. The van der Waals surface area contributed by atoms with Crippen molar-refractivity contribution in [2.75, 3.05) is 5.32 Å². The Morgan fingerprint density at radius 3 is 2.82 bits per heavy atom. The van der Waals surface area contributed by atoms with Gasteiger partial charge in [-0.15, -0.1) is 0 Å². The zero-order valence-electron chi connectivity index (χ0n) is 8.59. The normalized spacial score (nSPS) is 9.94. The molecule has 0 spiro atoms. The summed E-state index contributed by atoms with van der Waals surface area (Å²) in [5, 5.41) is 12.4. The first kappa shape index (κ1) is 11.3. The van der Waals surface area contributed by atoms with Gasteiger partial charge in [0.1, 0.15) is 11.4 Å². The molecule has 1 aromatic carbocycles. The Bertz CT molecular complexity index is 546. The Morgan fingerprint density at radius 2 is 2.18 bits per heavy atom. The molecule has 0 aliphatic rings. The van der Waals surface area contributed by atoms with Crippen LogP contribution in [0.5, 0.6) is 5.75 Å². The minimum atomic E-state index is -0.448. The number of halogens is 1. The number of anilines is 1. The summed E-state index contributed by atoms with van der Waals surface area (Å²) in [5.41, 5.74) is 0.437. The number of nitrogens with zero attached hydrogens (tertiary/aromatic N) is 2. The van der Waals surface area contributed by atoms with E-state index in [2.05, 4.69) is 15.3 Å². The lowest BCUT2D eigenvalue weighted by atomic mass is 10.3. The average Bonchev–Trinajstić information content (AvgIpc) is 2.34. The fraction of sp³-hybridized carbons (Fsp3) is 0. The largest absolute Gasteiger partial charge is 0.506 e. The number of aromatic hydroxyl groups is 1. The minimum Gasteiger partial charge on any atom is -0.506 e. The van der Waals surface area contributed by atoms with E-state index < -0.39 is 5.91 Å². The molecule has 1 aromatic heterocycles. The van der Waals surface area contributed by atoms with Crippen LogP contribution in [-0.4, -0.2) is 21.0 Å². The first-order chi connectivity index (χ1) is 8.16. The molecule has 0 aliphatic heterocycles. The number of benzene rings is 1. The molecule has 86 valence electrons. The van der Waals surface area contributed by atoms with Crippen LogP contribution in [0.25, 0.3) is 0 Å². The first-order valence-corrected chi connectivity index (χ1v) is 5.10. The zero-order valence-corrected chi connectivity index (χ0v) is 9.35. The molecule has 2 rings (SSSR count). The highest BCUT2D eigenvalue weighted by molar-refractivity contribution is 6.30. The number of phenols is 1. The van der Waals surface area contributed by atoms with Gasteiger partial charge in [0.25, 0.3) is 5.91 Å². The molecular weight excluding hydrogens is 242 g/mol. The highest BCUT2D eigenvalue weighted by Gasteiger charge is 2.10. The van der Waals surface area contributed by atoms with Crippen LogP contribution in [0.1, 0.15) is 10.5 Å². The predicted molar refractivity (Wildman–Crippen MR) is 63.1 cm³/mol. The van der Waals surface area contributed by atoms with Gasteiger partial charge >= 0.3 is 0 Å². The van der Waals surface area contributed by atoms with Crippen LogP contribution in [0.4, 0.5) is 5.69 Å². The number of amides is 1. The summed E-state index contributed by atoms with van der Waals surface area (Å²) < 4.78 is 0. The number of rotatable bonds is 2. The molecule has 17 heavy (non-hydrogen) atoms. The molecule has 0 saturated carbocycles. The molecule has 2 aromatic rings. The van der Waals surface area contributed by atoms with E-state index in [1.807, 2.05) is 0 Å². The Balaban J connectivity index is 2.19. The number of aromatic nitrogens is 2. The SMILES string of the molecule is O=C(Nc1ccc(Cl)cc1O)c1cnccn1. The van der Waals surface area contributed by atoms with Gasteiger partial charge in [-0.3, -0.25) is 9.78 Å². The summed E-state index contributed by atoms with van der Waals surface area (Å²) in [6.45, 7) is 0. The van der Waals surface area contributed by atoms with Crippen molar-refractivity contribution in [2.45, 2.75) is 0 Å². The van der Waals surface area contributed by atoms with Gasteiger partial charge in [0, 0.05) is 23.5 Å². The third-order valence-corrected chi connectivity index (χ3v) is 2.24. The smallest absolute Gasteiger partial charge is 0.275 e. The fourth-order valence-corrected chi connectivity index (χ4v) is 1.38. The van der Waals surface area contributed by atoms with Crippen LogP contribution in [0, 0.1) is 0 Å². The van der Waals surface area contributed by atoms with Gasteiger partial charge < -0.3 is 10.4 Å². The Kier molecular flexibility index (Phi) is 3.20. The molecule has 0 unspecified atom stereocenters. The van der Waals surface area contributed by atoms with E-state index in [0.29, 0.717) is 5.02 Å². The third kappa shape index (κ3) is 2.70. The highest BCUT2D eigenvalue weighted by atomic mass is 35.5. The lowest BCUT2D eigenvalue weighted by Crippen LogP contribution is -2.13. The quantitative estimate of drug-likeness (QED) is 0.799. The number of hydrogen-bond acceptors (Lipinski definition) is 4. The van der Waals surface area contributed by atoms with Crippen LogP contribution in [0.2, 0.25) is 5.02 Å². The lowest BCUT2D eigenvalue weighted by molar-refractivity contribution is 0.102. The number of carbonyl (C=O) groups is 1. The van der Waals surface area contributed by atoms with Crippen LogP contribution >= 0.6 is 11.6 Å². The summed E-state index contributed by atoms with van der Waals surface area (Å²) in [6.07, 6.45) is 4.22. The standard InChI is InChI=1S/C11H8ClN3O2/c12-7-1-2-8(10(16)5-7)15-11(17)9-6-13-3-4-14-9/h1-6,16H,(H,15,17). The van der Waals surface area contributed by atoms with Crippen LogP contribution in [-0.2, 0) is 0 Å². The number of nitrogens with one attached hydrogen (secondary N) is 1. The van der Waals surface area contributed by atoms with E-state index in [1.54, 1.807) is 6.07 Å². The van der Waals surface area contributed by atoms with Crippen molar-refractivity contribution in [3.8, 4) is 5.75 Å². The Morgan fingerprint density at radius 1 is 1.35 bits per heavy atom. The molecule has 0 fully saturated rings. The molecule has 2 N–H and O–H groups in total. The molecule has 0 atom stereocenters. The molecule has 1 heterocycles. The summed E-state index contributed by atoms with van der Waals surface area (Å²) >= 11 is 5.68. The van der Waals surface area contributed by atoms with Crippen molar-refractivity contribution < 1.29 is 9.90 Å². The maximum Gasteiger partial charge on any atom is 0.275 e. The number of phenolic OH excluding ortho intramolecular Hbond substituents is 1. The topological polar surface area (TPSA) is 75.1 Å². The fourth-order valence-electron chi connectivity index (χ4n) is 1.21. The maximum absolute atomic E-state index is 11.7. The van der Waals surface area contributed by atoms with Crippen molar-refractivity contribution in [3.05, 3.63) is 47.5 Å². The van der Waals surface area contributed by atoms with Gasteiger partial charge in [-0.05, 0) is 12.1 Å². The molecule has 5 nitrogen and oxygen atoms in total. The molecule has 0 bridgehead atoms. The van der Waals surface area contributed by atoms with Crippen molar-refractivity contribution in [3.63, 3.8) is 0 Å². The summed E-state index contributed by atoms with van der Waals surface area (Å²) in [4.78, 5) is 19.3.